The molecule has 1 aliphatic carbocycles. The van der Waals surface area contributed by atoms with Gasteiger partial charge in [0.25, 0.3) is 0 Å². The van der Waals surface area contributed by atoms with Crippen molar-refractivity contribution < 1.29 is 14.7 Å². The van der Waals surface area contributed by atoms with Gasteiger partial charge < -0.3 is 14.9 Å². The average molecular weight is 240 g/mol. The molecule has 1 N–H and O–H groups in total. The van der Waals surface area contributed by atoms with Gasteiger partial charge in [-0.1, -0.05) is 6.92 Å². The summed E-state index contributed by atoms with van der Waals surface area (Å²) < 4.78 is 0. The first kappa shape index (κ1) is 12.2. The summed E-state index contributed by atoms with van der Waals surface area (Å²) in [5.41, 5.74) is -0.972. The Labute approximate surface area is 101 Å². The molecule has 2 fully saturated rings. The fraction of sp³-hybridized carbons (Fsp3) is 0.833. The Bertz CT molecular complexity index is 341. The smallest absolute Gasteiger partial charge is 0.329 e. The van der Waals surface area contributed by atoms with Gasteiger partial charge in [0, 0.05) is 19.6 Å². The van der Waals surface area contributed by atoms with E-state index in [1.54, 1.807) is 16.8 Å². The second-order valence-corrected chi connectivity index (χ2v) is 5.07. The lowest BCUT2D eigenvalue weighted by Gasteiger charge is -2.36. The third-order valence-corrected chi connectivity index (χ3v) is 4.10. The summed E-state index contributed by atoms with van der Waals surface area (Å²) in [5, 5.41) is 9.41. The molecule has 1 saturated carbocycles. The van der Waals surface area contributed by atoms with Gasteiger partial charge in [-0.2, -0.15) is 0 Å². The molecule has 5 heteroatoms. The van der Waals surface area contributed by atoms with E-state index in [9.17, 15) is 14.7 Å². The molecule has 1 atom stereocenters. The topological polar surface area (TPSA) is 60.9 Å². The highest BCUT2D eigenvalue weighted by atomic mass is 16.4. The Morgan fingerprint density at radius 1 is 1.47 bits per heavy atom. The van der Waals surface area contributed by atoms with Crippen LogP contribution in [-0.2, 0) is 4.79 Å². The molecule has 96 valence electrons. The van der Waals surface area contributed by atoms with Crippen molar-refractivity contribution in [3.8, 4) is 0 Å². The molecule has 2 aliphatic rings. The molecule has 0 aromatic carbocycles. The minimum Gasteiger partial charge on any atom is -0.479 e. The molecule has 1 saturated heterocycles. The molecule has 1 heterocycles. The lowest BCUT2D eigenvalue weighted by atomic mass is 9.93. The molecular formula is C12H20N2O3. The quantitative estimate of drug-likeness (QED) is 0.813. The number of rotatable bonds is 3. The number of likely N-dealkylation sites (tertiary alicyclic amines) is 1. The van der Waals surface area contributed by atoms with Crippen LogP contribution in [0.1, 0.15) is 39.0 Å². The van der Waals surface area contributed by atoms with E-state index in [1.165, 1.54) is 0 Å². The van der Waals surface area contributed by atoms with Crippen molar-refractivity contribution in [3.63, 3.8) is 0 Å². The van der Waals surface area contributed by atoms with Crippen LogP contribution in [0.2, 0.25) is 0 Å². The van der Waals surface area contributed by atoms with Gasteiger partial charge >= 0.3 is 12.0 Å². The average Bonchev–Trinajstić information content (AvgIpc) is 3.06. The number of nitrogens with zero attached hydrogens (tertiary/aromatic N) is 2. The number of aliphatic carboxylic acids is 1. The van der Waals surface area contributed by atoms with Crippen molar-refractivity contribution in [1.29, 1.82) is 0 Å². The zero-order valence-electron chi connectivity index (χ0n) is 10.5. The van der Waals surface area contributed by atoms with E-state index in [0.29, 0.717) is 25.4 Å². The Morgan fingerprint density at radius 3 is 2.59 bits per heavy atom. The van der Waals surface area contributed by atoms with Gasteiger partial charge in [-0.3, -0.25) is 0 Å². The highest BCUT2D eigenvalue weighted by molar-refractivity contribution is 5.87. The Hall–Kier alpha value is -1.26. The van der Waals surface area contributed by atoms with Crippen molar-refractivity contribution in [2.45, 2.75) is 50.6 Å². The maximum absolute atomic E-state index is 12.3. The van der Waals surface area contributed by atoms with E-state index in [0.717, 1.165) is 19.3 Å². The van der Waals surface area contributed by atoms with E-state index in [-0.39, 0.29) is 6.03 Å². The van der Waals surface area contributed by atoms with Crippen molar-refractivity contribution in [3.05, 3.63) is 0 Å². The molecule has 2 rings (SSSR count). The molecule has 0 spiro atoms. The summed E-state index contributed by atoms with van der Waals surface area (Å²) in [4.78, 5) is 27.0. The Balaban J connectivity index is 2.18. The van der Waals surface area contributed by atoms with Crippen LogP contribution in [-0.4, -0.2) is 52.1 Å². The largest absolute Gasteiger partial charge is 0.479 e. The van der Waals surface area contributed by atoms with Crippen molar-refractivity contribution in [1.82, 2.24) is 9.80 Å². The van der Waals surface area contributed by atoms with Crippen LogP contribution >= 0.6 is 0 Å². The van der Waals surface area contributed by atoms with E-state index in [2.05, 4.69) is 0 Å². The van der Waals surface area contributed by atoms with Crippen LogP contribution in [0.3, 0.4) is 0 Å². The molecule has 17 heavy (non-hydrogen) atoms. The molecule has 5 nitrogen and oxygen atoms in total. The number of carbonyl (C=O) groups is 2. The molecule has 0 aromatic heterocycles. The van der Waals surface area contributed by atoms with Gasteiger partial charge in [-0.15, -0.1) is 0 Å². The predicted octanol–water partition coefficient (Wildman–Crippen LogP) is 1.53. The summed E-state index contributed by atoms with van der Waals surface area (Å²) in [7, 11) is 1.78. The summed E-state index contributed by atoms with van der Waals surface area (Å²) >= 11 is 0. The zero-order valence-corrected chi connectivity index (χ0v) is 10.5. The number of urea groups is 1. The van der Waals surface area contributed by atoms with Crippen LogP contribution in [0.25, 0.3) is 0 Å². The third kappa shape index (κ3) is 1.87. The minimum atomic E-state index is -0.972. The van der Waals surface area contributed by atoms with E-state index < -0.39 is 11.5 Å². The number of amides is 2. The summed E-state index contributed by atoms with van der Waals surface area (Å²) in [6, 6.07) is 0.209. The first-order valence-corrected chi connectivity index (χ1v) is 6.31. The number of hydrogen-bond acceptors (Lipinski definition) is 2. The van der Waals surface area contributed by atoms with E-state index in [1.807, 2.05) is 6.92 Å². The summed E-state index contributed by atoms with van der Waals surface area (Å²) in [5.74, 6) is -0.866. The molecule has 0 aromatic rings. The van der Waals surface area contributed by atoms with Crippen LogP contribution in [0, 0.1) is 0 Å². The first-order valence-electron chi connectivity index (χ1n) is 6.31. The molecule has 1 aliphatic heterocycles. The SMILES string of the molecule is CCC1(C(=O)O)CCCN1C(=O)N(C)C1CC1. The first-order chi connectivity index (χ1) is 8.03. The second-order valence-electron chi connectivity index (χ2n) is 5.07. The second kappa shape index (κ2) is 4.20. The summed E-state index contributed by atoms with van der Waals surface area (Å²) in [6.45, 7) is 2.41. The highest BCUT2D eigenvalue weighted by Crippen LogP contribution is 2.35. The Morgan fingerprint density at radius 2 is 2.12 bits per heavy atom. The van der Waals surface area contributed by atoms with Crippen molar-refractivity contribution in [2.24, 2.45) is 0 Å². The predicted molar refractivity (Wildman–Crippen MR) is 62.8 cm³/mol. The monoisotopic (exact) mass is 240 g/mol. The van der Waals surface area contributed by atoms with Gasteiger partial charge in [0.1, 0.15) is 5.54 Å². The third-order valence-electron chi connectivity index (χ3n) is 4.10. The molecule has 0 bridgehead atoms. The fourth-order valence-electron chi connectivity index (χ4n) is 2.71. The zero-order chi connectivity index (χ0) is 12.6. The lowest BCUT2D eigenvalue weighted by Crippen LogP contribution is -2.56. The number of carboxylic acids is 1. The fourth-order valence-corrected chi connectivity index (χ4v) is 2.71. The maximum Gasteiger partial charge on any atom is 0.329 e. The van der Waals surface area contributed by atoms with Gasteiger partial charge in [-0.25, -0.2) is 9.59 Å². The normalized spacial score (nSPS) is 28.2. The van der Waals surface area contributed by atoms with E-state index >= 15 is 0 Å². The molecule has 2 amide bonds. The van der Waals surface area contributed by atoms with Gasteiger partial charge in [0.15, 0.2) is 0 Å². The lowest BCUT2D eigenvalue weighted by molar-refractivity contribution is -0.148. The van der Waals surface area contributed by atoms with Crippen LogP contribution in [0.4, 0.5) is 4.79 Å². The summed E-state index contributed by atoms with van der Waals surface area (Å²) in [6.07, 6.45) is 3.92. The molecule has 1 unspecified atom stereocenters. The van der Waals surface area contributed by atoms with Gasteiger partial charge in [-0.05, 0) is 32.1 Å². The molecule has 0 radical (unpaired) electrons. The number of carboxylic acid groups (broad SMARTS) is 1. The number of hydrogen-bond donors (Lipinski definition) is 1. The van der Waals surface area contributed by atoms with Gasteiger partial charge in [0.2, 0.25) is 0 Å². The van der Waals surface area contributed by atoms with Crippen molar-refractivity contribution >= 4 is 12.0 Å². The van der Waals surface area contributed by atoms with Crippen LogP contribution in [0.5, 0.6) is 0 Å². The van der Waals surface area contributed by atoms with Crippen LogP contribution in [0.15, 0.2) is 0 Å². The maximum atomic E-state index is 12.3. The van der Waals surface area contributed by atoms with E-state index in [4.69, 9.17) is 0 Å². The number of carbonyl (C=O) groups excluding carboxylic acids is 1. The minimum absolute atomic E-state index is 0.116. The molecular weight excluding hydrogens is 220 g/mol. The highest BCUT2D eigenvalue weighted by Gasteiger charge is 2.50. The van der Waals surface area contributed by atoms with Gasteiger partial charge in [0.05, 0.1) is 0 Å². The van der Waals surface area contributed by atoms with Crippen molar-refractivity contribution in [2.75, 3.05) is 13.6 Å². The standard InChI is InChI=1S/C12H20N2O3/c1-3-12(10(15)16)7-4-8-14(12)11(17)13(2)9-5-6-9/h9H,3-8H2,1-2H3,(H,15,16). The Kier molecular flexibility index (Phi) is 3.02. The van der Waals surface area contributed by atoms with Crippen LogP contribution < -0.4 is 0 Å².